The Morgan fingerprint density at radius 1 is 0.900 bits per heavy atom. The number of aryl methyl sites for hydroxylation is 1. The van der Waals surface area contributed by atoms with Crippen LogP contribution in [0.3, 0.4) is 0 Å². The van der Waals surface area contributed by atoms with Crippen molar-refractivity contribution in [2.75, 3.05) is 64.5 Å². The van der Waals surface area contributed by atoms with Gasteiger partial charge in [0.15, 0.2) is 0 Å². The summed E-state index contributed by atoms with van der Waals surface area (Å²) in [7, 11) is 2.19. The van der Waals surface area contributed by atoms with Gasteiger partial charge in [-0.25, -0.2) is 4.98 Å². The van der Waals surface area contributed by atoms with E-state index in [9.17, 15) is 4.79 Å². The second kappa shape index (κ2) is 13.8. The fourth-order valence-electron chi connectivity index (χ4n) is 5.71. The van der Waals surface area contributed by atoms with E-state index in [1.165, 1.54) is 16.7 Å². The number of amides is 1. The molecule has 0 radical (unpaired) electrons. The summed E-state index contributed by atoms with van der Waals surface area (Å²) in [4.78, 5) is 24.9. The van der Waals surface area contributed by atoms with E-state index in [4.69, 9.17) is 9.47 Å². The van der Waals surface area contributed by atoms with Crippen LogP contribution in [0.15, 0.2) is 66.9 Å². The van der Waals surface area contributed by atoms with Crippen LogP contribution in [0.5, 0.6) is 5.75 Å². The standard InChI is InChI=1S/C33H42N4O3/c1-26-10-12-31-30(23-26)25-35(2)16-14-28(27-7-4-3-5-8-27)9-6-15-37(19-22-40-31)33(38)29-11-13-32(34-24-29)36-17-20-39-21-18-36/h3-5,7-8,10-13,23-24,28H,6,9,14-22,25H2,1-2H3. The lowest BCUT2D eigenvalue weighted by molar-refractivity contribution is 0.0724. The maximum atomic E-state index is 13.7. The first-order valence-corrected chi connectivity index (χ1v) is 14.6. The molecule has 3 heterocycles. The molecule has 1 fully saturated rings. The van der Waals surface area contributed by atoms with E-state index in [0.29, 0.717) is 44.4 Å². The Hall–Kier alpha value is -3.42. The van der Waals surface area contributed by atoms with Crippen LogP contribution in [0.25, 0.3) is 0 Å². The van der Waals surface area contributed by atoms with E-state index < -0.39 is 0 Å². The Labute approximate surface area is 238 Å². The molecule has 1 aromatic heterocycles. The molecule has 3 aromatic rings. The molecule has 0 aliphatic carbocycles. The lowest BCUT2D eigenvalue weighted by atomic mass is 9.91. The number of hydrogen-bond donors (Lipinski definition) is 0. The summed E-state index contributed by atoms with van der Waals surface area (Å²) in [5.41, 5.74) is 4.42. The lowest BCUT2D eigenvalue weighted by Crippen LogP contribution is -2.37. The van der Waals surface area contributed by atoms with E-state index in [0.717, 1.165) is 57.0 Å². The lowest BCUT2D eigenvalue weighted by Gasteiger charge is -2.28. The van der Waals surface area contributed by atoms with Gasteiger partial charge in [0.05, 0.1) is 25.3 Å². The summed E-state index contributed by atoms with van der Waals surface area (Å²) in [6.07, 6.45) is 4.76. The van der Waals surface area contributed by atoms with Crippen molar-refractivity contribution in [2.24, 2.45) is 0 Å². The number of ether oxygens (including phenoxy) is 2. The molecule has 0 N–H and O–H groups in total. The predicted octanol–water partition coefficient (Wildman–Crippen LogP) is 5.15. The molecule has 0 saturated carbocycles. The van der Waals surface area contributed by atoms with E-state index in [2.05, 4.69) is 77.3 Å². The van der Waals surface area contributed by atoms with E-state index >= 15 is 0 Å². The van der Waals surface area contributed by atoms with E-state index in [-0.39, 0.29) is 5.91 Å². The van der Waals surface area contributed by atoms with Gasteiger partial charge in [-0.2, -0.15) is 0 Å². The second-order valence-corrected chi connectivity index (χ2v) is 11.0. The number of nitrogens with zero attached hydrogens (tertiary/aromatic N) is 4. The quantitative estimate of drug-likeness (QED) is 0.457. The van der Waals surface area contributed by atoms with Gasteiger partial charge in [-0.15, -0.1) is 0 Å². The summed E-state index contributed by atoms with van der Waals surface area (Å²) < 4.78 is 11.7. The number of benzene rings is 2. The number of pyridine rings is 1. The van der Waals surface area contributed by atoms with Gasteiger partial charge in [-0.05, 0) is 69.5 Å². The zero-order chi connectivity index (χ0) is 27.7. The Morgan fingerprint density at radius 3 is 2.50 bits per heavy atom. The topological polar surface area (TPSA) is 58.1 Å². The number of hydrogen-bond acceptors (Lipinski definition) is 6. The van der Waals surface area contributed by atoms with Gasteiger partial charge in [0.2, 0.25) is 0 Å². The first kappa shape index (κ1) is 28.1. The fourth-order valence-corrected chi connectivity index (χ4v) is 5.71. The molecule has 2 aromatic carbocycles. The van der Waals surface area contributed by atoms with Gasteiger partial charge in [0, 0.05) is 37.9 Å². The molecule has 7 nitrogen and oxygen atoms in total. The van der Waals surface area contributed by atoms with Crippen LogP contribution >= 0.6 is 0 Å². The first-order chi connectivity index (χ1) is 19.6. The maximum Gasteiger partial charge on any atom is 0.255 e. The predicted molar refractivity (Wildman–Crippen MR) is 159 cm³/mol. The molecule has 1 atom stereocenters. The monoisotopic (exact) mass is 542 g/mol. The summed E-state index contributed by atoms with van der Waals surface area (Å²) in [5, 5.41) is 0. The molecule has 2 aliphatic rings. The van der Waals surface area contributed by atoms with Gasteiger partial charge >= 0.3 is 0 Å². The maximum absolute atomic E-state index is 13.7. The molecule has 40 heavy (non-hydrogen) atoms. The number of carbonyl (C=O) groups is 1. The molecule has 212 valence electrons. The van der Waals surface area contributed by atoms with Crippen LogP contribution in [0.4, 0.5) is 5.82 Å². The molecular weight excluding hydrogens is 500 g/mol. The van der Waals surface area contributed by atoms with Gasteiger partial charge in [-0.1, -0.05) is 48.0 Å². The molecule has 5 rings (SSSR count). The van der Waals surface area contributed by atoms with Crippen molar-refractivity contribution in [3.63, 3.8) is 0 Å². The number of aromatic nitrogens is 1. The Morgan fingerprint density at radius 2 is 1.73 bits per heavy atom. The number of rotatable bonds is 3. The third kappa shape index (κ3) is 7.40. The highest BCUT2D eigenvalue weighted by Crippen LogP contribution is 2.27. The highest BCUT2D eigenvalue weighted by molar-refractivity contribution is 5.94. The number of carbonyl (C=O) groups excluding carboxylic acids is 1. The van der Waals surface area contributed by atoms with Crippen molar-refractivity contribution >= 4 is 11.7 Å². The normalized spacial score (nSPS) is 19.8. The van der Waals surface area contributed by atoms with Gasteiger partial charge < -0.3 is 24.2 Å². The Balaban J connectivity index is 1.34. The van der Waals surface area contributed by atoms with Crippen molar-refractivity contribution in [3.8, 4) is 5.75 Å². The zero-order valence-electron chi connectivity index (χ0n) is 23.9. The molecular formula is C33H42N4O3. The Kier molecular flexibility index (Phi) is 9.68. The van der Waals surface area contributed by atoms with Crippen molar-refractivity contribution in [1.82, 2.24) is 14.8 Å². The average Bonchev–Trinajstić information content (AvgIpc) is 2.99. The van der Waals surface area contributed by atoms with Crippen LogP contribution in [0.1, 0.15) is 52.2 Å². The highest BCUT2D eigenvalue weighted by Gasteiger charge is 2.21. The SMILES string of the molecule is Cc1ccc2c(c1)CN(C)CCC(c1ccccc1)CCCN(C(=O)c1ccc(N3CCOCC3)nc1)CCO2. The van der Waals surface area contributed by atoms with Crippen LogP contribution in [-0.4, -0.2) is 80.3 Å². The number of fused-ring (bicyclic) bond motifs is 1. The molecule has 1 saturated heterocycles. The Bertz CT molecular complexity index is 1230. The third-order valence-electron chi connectivity index (χ3n) is 8.00. The molecule has 7 heteroatoms. The zero-order valence-corrected chi connectivity index (χ0v) is 23.9. The van der Waals surface area contributed by atoms with Crippen LogP contribution in [-0.2, 0) is 11.3 Å². The minimum atomic E-state index is 0.0110. The summed E-state index contributed by atoms with van der Waals surface area (Å²) >= 11 is 0. The van der Waals surface area contributed by atoms with Crippen molar-refractivity contribution in [1.29, 1.82) is 0 Å². The van der Waals surface area contributed by atoms with Crippen LogP contribution < -0.4 is 9.64 Å². The average molecular weight is 543 g/mol. The molecule has 0 bridgehead atoms. The number of morpholine rings is 1. The van der Waals surface area contributed by atoms with Crippen LogP contribution in [0.2, 0.25) is 0 Å². The fraction of sp³-hybridized carbons (Fsp3) is 0.455. The van der Waals surface area contributed by atoms with E-state index in [1.807, 2.05) is 17.0 Å². The van der Waals surface area contributed by atoms with Crippen LogP contribution in [0, 0.1) is 6.92 Å². The number of anilines is 1. The van der Waals surface area contributed by atoms with Crippen molar-refractivity contribution in [3.05, 3.63) is 89.1 Å². The minimum Gasteiger partial charge on any atom is -0.491 e. The summed E-state index contributed by atoms with van der Waals surface area (Å²) in [5.74, 6) is 2.26. The van der Waals surface area contributed by atoms with Gasteiger partial charge in [0.25, 0.3) is 5.91 Å². The molecule has 1 amide bonds. The highest BCUT2D eigenvalue weighted by atomic mass is 16.5. The molecule has 2 aliphatic heterocycles. The van der Waals surface area contributed by atoms with E-state index in [1.54, 1.807) is 6.20 Å². The molecule has 1 unspecified atom stereocenters. The molecule has 0 spiro atoms. The van der Waals surface area contributed by atoms with Crippen molar-refractivity contribution in [2.45, 2.75) is 38.6 Å². The summed E-state index contributed by atoms with van der Waals surface area (Å²) in [6.45, 7) is 8.68. The van der Waals surface area contributed by atoms with Crippen molar-refractivity contribution < 1.29 is 14.3 Å². The smallest absolute Gasteiger partial charge is 0.255 e. The largest absolute Gasteiger partial charge is 0.491 e. The summed E-state index contributed by atoms with van der Waals surface area (Å²) in [6, 6.07) is 21.1. The second-order valence-electron chi connectivity index (χ2n) is 11.0. The first-order valence-electron chi connectivity index (χ1n) is 14.6. The third-order valence-corrected chi connectivity index (χ3v) is 8.00. The van der Waals surface area contributed by atoms with Gasteiger partial charge in [0.1, 0.15) is 18.2 Å². The minimum absolute atomic E-state index is 0.0110. The van der Waals surface area contributed by atoms with Gasteiger partial charge in [-0.3, -0.25) is 4.79 Å².